The third-order valence-corrected chi connectivity index (χ3v) is 8.68. The second-order valence-electron chi connectivity index (χ2n) is 9.66. The van der Waals surface area contributed by atoms with Crippen molar-refractivity contribution in [1.82, 2.24) is 4.90 Å². The van der Waals surface area contributed by atoms with Gasteiger partial charge in [-0.25, -0.2) is 4.39 Å². The van der Waals surface area contributed by atoms with Crippen LogP contribution in [-0.4, -0.2) is 34.1 Å². The van der Waals surface area contributed by atoms with Crippen molar-refractivity contribution >= 4 is 46.3 Å². The minimum atomic E-state index is -1.45. The molecule has 0 bridgehead atoms. The van der Waals surface area contributed by atoms with Gasteiger partial charge in [-0.1, -0.05) is 35.3 Å². The fourth-order valence-corrected chi connectivity index (χ4v) is 6.85. The Kier molecular flexibility index (Phi) is 5.60. The summed E-state index contributed by atoms with van der Waals surface area (Å²) in [6.07, 6.45) is 1.51. The summed E-state index contributed by atoms with van der Waals surface area (Å²) in [6, 6.07) is 14.6. The van der Waals surface area contributed by atoms with Gasteiger partial charge in [0.1, 0.15) is 11.4 Å². The minimum absolute atomic E-state index is 0.0712. The SMILES string of the molecule is O=C(c1ccc(Cl)c(Cl)c1)C1C(c2ccc([N+](=O)[O-])cc2)C2CCCN2[C@@]12C(=O)Nc1ccc(F)cc12. The van der Waals surface area contributed by atoms with Gasteiger partial charge in [0.2, 0.25) is 5.91 Å². The first-order valence-electron chi connectivity index (χ1n) is 11.9. The van der Waals surface area contributed by atoms with Crippen molar-refractivity contribution < 1.29 is 18.9 Å². The van der Waals surface area contributed by atoms with E-state index in [2.05, 4.69) is 5.32 Å². The summed E-state index contributed by atoms with van der Waals surface area (Å²) < 4.78 is 14.6. The van der Waals surface area contributed by atoms with Crippen LogP contribution in [-0.2, 0) is 10.3 Å². The maximum absolute atomic E-state index is 14.6. The van der Waals surface area contributed by atoms with Gasteiger partial charge < -0.3 is 5.32 Å². The smallest absolute Gasteiger partial charge is 0.269 e. The maximum Gasteiger partial charge on any atom is 0.269 e. The van der Waals surface area contributed by atoms with Crippen LogP contribution < -0.4 is 5.32 Å². The summed E-state index contributed by atoms with van der Waals surface area (Å²) >= 11 is 12.4. The Bertz CT molecular complexity index is 1480. The zero-order chi connectivity index (χ0) is 26.1. The Hall–Kier alpha value is -3.33. The van der Waals surface area contributed by atoms with Crippen LogP contribution in [0.1, 0.15) is 40.2 Å². The Balaban J connectivity index is 1.60. The van der Waals surface area contributed by atoms with E-state index in [1.807, 2.05) is 4.90 Å². The number of halogens is 3. The van der Waals surface area contributed by atoms with Crippen molar-refractivity contribution in [2.24, 2.45) is 5.92 Å². The zero-order valence-corrected chi connectivity index (χ0v) is 20.8. The first kappa shape index (κ1) is 24.0. The predicted molar refractivity (Wildman–Crippen MR) is 137 cm³/mol. The molecular weight excluding hydrogens is 520 g/mol. The number of anilines is 1. The average molecular weight is 540 g/mol. The molecule has 0 aromatic heterocycles. The second kappa shape index (κ2) is 8.62. The highest BCUT2D eigenvalue weighted by atomic mass is 35.5. The summed E-state index contributed by atoms with van der Waals surface area (Å²) in [4.78, 5) is 41.2. The van der Waals surface area contributed by atoms with E-state index in [4.69, 9.17) is 23.2 Å². The Labute approximate surface area is 221 Å². The predicted octanol–water partition coefficient (Wildman–Crippen LogP) is 5.95. The largest absolute Gasteiger partial charge is 0.324 e. The number of fused-ring (bicyclic) bond motifs is 4. The van der Waals surface area contributed by atoms with Gasteiger partial charge in [0.25, 0.3) is 5.69 Å². The molecule has 188 valence electrons. The van der Waals surface area contributed by atoms with E-state index in [1.165, 1.54) is 42.5 Å². The van der Waals surface area contributed by atoms with Crippen LogP contribution in [0.25, 0.3) is 0 Å². The minimum Gasteiger partial charge on any atom is -0.324 e. The van der Waals surface area contributed by atoms with E-state index in [0.717, 1.165) is 6.42 Å². The van der Waals surface area contributed by atoms with Crippen LogP contribution in [0.4, 0.5) is 15.8 Å². The second-order valence-corrected chi connectivity index (χ2v) is 10.5. The Morgan fingerprint density at radius 3 is 2.54 bits per heavy atom. The van der Waals surface area contributed by atoms with Crippen molar-refractivity contribution in [3.63, 3.8) is 0 Å². The van der Waals surface area contributed by atoms with Crippen LogP contribution in [0.3, 0.4) is 0 Å². The van der Waals surface area contributed by atoms with E-state index in [9.17, 15) is 24.1 Å². The normalized spacial score (nSPS) is 26.2. The molecule has 3 aromatic carbocycles. The number of nitro groups is 1. The summed E-state index contributed by atoms with van der Waals surface area (Å²) in [5.41, 5.74) is 0.354. The molecular formula is C27H20Cl2FN3O4. The highest BCUT2D eigenvalue weighted by Crippen LogP contribution is 2.61. The molecule has 3 aliphatic rings. The number of rotatable bonds is 4. The number of hydrogen-bond acceptors (Lipinski definition) is 5. The van der Waals surface area contributed by atoms with Crippen molar-refractivity contribution in [1.29, 1.82) is 0 Å². The molecule has 2 saturated heterocycles. The van der Waals surface area contributed by atoms with Crippen LogP contribution >= 0.6 is 23.2 Å². The van der Waals surface area contributed by atoms with Crippen molar-refractivity contribution in [3.05, 3.63) is 103 Å². The Morgan fingerprint density at radius 2 is 1.84 bits per heavy atom. The molecule has 0 aliphatic carbocycles. The molecule has 3 aliphatic heterocycles. The summed E-state index contributed by atoms with van der Waals surface area (Å²) in [5, 5.41) is 14.7. The molecule has 1 amide bonds. The van der Waals surface area contributed by atoms with Crippen LogP contribution in [0.15, 0.2) is 60.7 Å². The van der Waals surface area contributed by atoms with Gasteiger partial charge in [0.05, 0.1) is 20.9 Å². The third-order valence-electron chi connectivity index (χ3n) is 7.94. The van der Waals surface area contributed by atoms with Gasteiger partial charge in [-0.15, -0.1) is 0 Å². The van der Waals surface area contributed by atoms with Crippen molar-refractivity contribution in [2.45, 2.75) is 30.3 Å². The number of Topliss-reactive ketones (excluding diaryl/α,β-unsaturated/α-hetero) is 1. The Morgan fingerprint density at radius 1 is 1.08 bits per heavy atom. The van der Waals surface area contributed by atoms with Gasteiger partial charge in [-0.2, -0.15) is 0 Å². The molecule has 10 heteroatoms. The summed E-state index contributed by atoms with van der Waals surface area (Å²) in [6.45, 7) is 0.544. The fourth-order valence-electron chi connectivity index (χ4n) is 6.55. The van der Waals surface area contributed by atoms with E-state index < -0.39 is 28.1 Å². The number of amides is 1. The van der Waals surface area contributed by atoms with E-state index in [-0.39, 0.29) is 39.0 Å². The number of nitrogens with zero attached hydrogens (tertiary/aromatic N) is 2. The number of ketones is 1. The topological polar surface area (TPSA) is 92.5 Å². The summed E-state index contributed by atoms with van der Waals surface area (Å²) in [5.74, 6) is -2.65. The lowest BCUT2D eigenvalue weighted by molar-refractivity contribution is -0.384. The number of carbonyl (C=O) groups excluding carboxylic acids is 2. The molecule has 3 heterocycles. The zero-order valence-electron chi connectivity index (χ0n) is 19.3. The van der Waals surface area contributed by atoms with Crippen molar-refractivity contribution in [3.8, 4) is 0 Å². The lowest BCUT2D eigenvalue weighted by Crippen LogP contribution is -2.52. The standard InChI is InChI=1S/C27H20Cl2FN3O4/c28-19-9-5-15(12-20(19)29)25(34)24-23(14-3-7-17(8-4-14)33(36)37)22-2-1-11-32(22)27(24)18-13-16(30)6-10-21(18)31-26(27)35/h3-10,12-13,22-24H,1-2,11H2,(H,31,35)/t22?,23?,24?,27-/m1/s1. The number of nitro benzene ring substituents is 1. The molecule has 2 fully saturated rings. The molecule has 0 saturated carbocycles. The molecule has 4 atom stereocenters. The molecule has 37 heavy (non-hydrogen) atoms. The first-order chi connectivity index (χ1) is 17.7. The van der Waals surface area contributed by atoms with E-state index >= 15 is 0 Å². The molecule has 6 rings (SSSR count). The van der Waals surface area contributed by atoms with Gasteiger partial charge in [0.15, 0.2) is 5.78 Å². The average Bonchev–Trinajstić information content (AvgIpc) is 3.54. The number of carbonyl (C=O) groups is 2. The molecule has 3 unspecified atom stereocenters. The fraction of sp³-hybridized carbons (Fsp3) is 0.259. The van der Waals surface area contributed by atoms with Crippen molar-refractivity contribution in [2.75, 3.05) is 11.9 Å². The first-order valence-corrected chi connectivity index (χ1v) is 12.6. The van der Waals surface area contributed by atoms with Gasteiger partial charge >= 0.3 is 0 Å². The maximum atomic E-state index is 14.6. The lowest BCUT2D eigenvalue weighted by Gasteiger charge is -2.37. The number of non-ortho nitro benzene ring substituents is 1. The van der Waals surface area contributed by atoms with Crippen LogP contribution in [0.5, 0.6) is 0 Å². The molecule has 1 spiro atoms. The third kappa shape index (κ3) is 3.43. The van der Waals surface area contributed by atoms with Gasteiger partial charge in [-0.05, 0) is 61.3 Å². The highest BCUT2D eigenvalue weighted by Gasteiger charge is 2.69. The molecule has 1 N–H and O–H groups in total. The van der Waals surface area contributed by atoms with E-state index in [1.54, 1.807) is 18.2 Å². The van der Waals surface area contributed by atoms with Gasteiger partial charge in [0, 0.05) is 40.9 Å². The molecule has 0 radical (unpaired) electrons. The van der Waals surface area contributed by atoms with Crippen LogP contribution in [0, 0.1) is 21.8 Å². The monoisotopic (exact) mass is 539 g/mol. The van der Waals surface area contributed by atoms with E-state index in [0.29, 0.717) is 29.8 Å². The van der Waals surface area contributed by atoms with Gasteiger partial charge in [-0.3, -0.25) is 24.6 Å². The number of benzene rings is 3. The summed E-state index contributed by atoms with van der Waals surface area (Å²) in [7, 11) is 0. The number of hydrogen-bond donors (Lipinski definition) is 1. The quantitative estimate of drug-likeness (QED) is 0.251. The highest BCUT2D eigenvalue weighted by molar-refractivity contribution is 6.42. The lowest BCUT2D eigenvalue weighted by atomic mass is 9.68. The molecule has 7 nitrogen and oxygen atoms in total. The van der Waals surface area contributed by atoms with Crippen LogP contribution in [0.2, 0.25) is 10.0 Å². The molecule has 3 aromatic rings. The number of nitrogens with one attached hydrogen (secondary N) is 1.